The second-order valence-corrected chi connectivity index (χ2v) is 8.00. The quantitative estimate of drug-likeness (QED) is 0.308. The molecular formula is C22H39IN4O2. The van der Waals surface area contributed by atoms with E-state index in [4.69, 9.17) is 14.1 Å². The van der Waals surface area contributed by atoms with Crippen LogP contribution in [0.25, 0.3) is 0 Å². The number of hydrogen-bond donors (Lipinski definition) is 1. The molecule has 0 saturated carbocycles. The van der Waals surface area contributed by atoms with Crippen LogP contribution in [0.5, 0.6) is 0 Å². The molecule has 1 aromatic heterocycles. The lowest BCUT2D eigenvalue weighted by atomic mass is 10.1. The number of rotatable bonds is 9. The van der Waals surface area contributed by atoms with E-state index in [1.165, 1.54) is 25.8 Å². The number of ether oxygens (including phenoxy) is 1. The molecule has 2 aliphatic rings. The van der Waals surface area contributed by atoms with Crippen LogP contribution in [0.4, 0.5) is 0 Å². The van der Waals surface area contributed by atoms with Gasteiger partial charge in [0.2, 0.25) is 0 Å². The van der Waals surface area contributed by atoms with Gasteiger partial charge in [-0.3, -0.25) is 4.99 Å². The lowest BCUT2D eigenvalue weighted by molar-refractivity contribution is 0.0223. The standard InChI is InChI=1S/C22H38N4O2.HI/c1-3-25(4-2)17-19-11-13-26(18-19)22(23-12-10-20-9-7-15-27-20)24-16-21-8-5-6-14-28-21;/h7,9,15,19,21H,3-6,8,10-14,16-18H2,1-2H3,(H,23,24);1H. The van der Waals surface area contributed by atoms with Crippen molar-refractivity contribution in [2.24, 2.45) is 10.9 Å². The molecule has 6 nitrogen and oxygen atoms in total. The van der Waals surface area contributed by atoms with Crippen LogP contribution in [0, 0.1) is 5.92 Å². The molecule has 1 aromatic rings. The average molecular weight is 518 g/mol. The summed E-state index contributed by atoms with van der Waals surface area (Å²) in [5.74, 6) is 2.79. The number of likely N-dealkylation sites (tertiary alicyclic amines) is 1. The van der Waals surface area contributed by atoms with Crippen molar-refractivity contribution in [3.63, 3.8) is 0 Å². The van der Waals surface area contributed by atoms with Crippen molar-refractivity contribution in [3.05, 3.63) is 24.2 Å². The Bertz CT molecular complexity index is 571. The van der Waals surface area contributed by atoms with E-state index in [9.17, 15) is 0 Å². The smallest absolute Gasteiger partial charge is 0.194 e. The molecule has 29 heavy (non-hydrogen) atoms. The molecule has 2 saturated heterocycles. The monoisotopic (exact) mass is 518 g/mol. The fourth-order valence-corrected chi connectivity index (χ4v) is 4.18. The third-order valence-corrected chi connectivity index (χ3v) is 5.95. The highest BCUT2D eigenvalue weighted by Crippen LogP contribution is 2.18. The number of aliphatic imine (C=N–C) groups is 1. The average Bonchev–Trinajstić information content (AvgIpc) is 3.41. The van der Waals surface area contributed by atoms with E-state index in [1.54, 1.807) is 6.26 Å². The Kier molecular flexibility index (Phi) is 11.4. The molecule has 3 rings (SSSR count). The van der Waals surface area contributed by atoms with Gasteiger partial charge in [0.15, 0.2) is 5.96 Å². The van der Waals surface area contributed by atoms with Crippen LogP contribution >= 0.6 is 24.0 Å². The van der Waals surface area contributed by atoms with Crippen molar-refractivity contribution < 1.29 is 9.15 Å². The molecule has 2 unspecified atom stereocenters. The molecule has 0 aliphatic carbocycles. The van der Waals surface area contributed by atoms with Gasteiger partial charge in [0, 0.05) is 39.2 Å². The van der Waals surface area contributed by atoms with Crippen LogP contribution in [-0.2, 0) is 11.2 Å². The van der Waals surface area contributed by atoms with Crippen molar-refractivity contribution in [3.8, 4) is 0 Å². The maximum Gasteiger partial charge on any atom is 0.194 e. The summed E-state index contributed by atoms with van der Waals surface area (Å²) in [5.41, 5.74) is 0. The van der Waals surface area contributed by atoms with E-state index in [0.29, 0.717) is 0 Å². The van der Waals surface area contributed by atoms with Crippen molar-refractivity contribution in [1.29, 1.82) is 0 Å². The highest BCUT2D eigenvalue weighted by molar-refractivity contribution is 14.0. The van der Waals surface area contributed by atoms with E-state index in [-0.39, 0.29) is 30.1 Å². The molecule has 166 valence electrons. The summed E-state index contributed by atoms with van der Waals surface area (Å²) in [6.45, 7) is 12.6. The second kappa shape index (κ2) is 13.5. The topological polar surface area (TPSA) is 53.2 Å². The SMILES string of the molecule is CCN(CC)CC1CCN(C(=NCC2CCCCO2)NCCc2ccco2)C1.I. The summed E-state index contributed by atoms with van der Waals surface area (Å²) < 4.78 is 11.3. The van der Waals surface area contributed by atoms with Crippen molar-refractivity contribution in [1.82, 2.24) is 15.1 Å². The molecule has 0 amide bonds. The zero-order valence-electron chi connectivity index (χ0n) is 18.1. The van der Waals surface area contributed by atoms with Gasteiger partial charge in [0.25, 0.3) is 0 Å². The molecule has 2 aliphatic heterocycles. The molecule has 7 heteroatoms. The molecule has 2 fully saturated rings. The van der Waals surface area contributed by atoms with Gasteiger partial charge < -0.3 is 24.3 Å². The zero-order valence-corrected chi connectivity index (χ0v) is 20.5. The first kappa shape index (κ1) is 24.5. The fourth-order valence-electron chi connectivity index (χ4n) is 4.18. The Hall–Kier alpha value is -0.800. The van der Waals surface area contributed by atoms with Gasteiger partial charge in [-0.05, 0) is 56.8 Å². The van der Waals surface area contributed by atoms with E-state index in [2.05, 4.69) is 29.0 Å². The number of halogens is 1. The number of furan rings is 1. The minimum atomic E-state index is 0. The summed E-state index contributed by atoms with van der Waals surface area (Å²) in [7, 11) is 0. The third-order valence-electron chi connectivity index (χ3n) is 5.95. The third kappa shape index (κ3) is 8.09. The van der Waals surface area contributed by atoms with Crippen LogP contribution in [0.15, 0.2) is 27.8 Å². The Morgan fingerprint density at radius 1 is 1.28 bits per heavy atom. The molecule has 0 aromatic carbocycles. The summed E-state index contributed by atoms with van der Waals surface area (Å²) in [4.78, 5) is 9.94. The van der Waals surface area contributed by atoms with Crippen LogP contribution < -0.4 is 5.32 Å². The number of guanidine groups is 1. The molecule has 0 radical (unpaired) electrons. The van der Waals surface area contributed by atoms with E-state index in [1.807, 2.05) is 12.1 Å². The zero-order chi connectivity index (χ0) is 19.6. The van der Waals surface area contributed by atoms with Crippen LogP contribution in [-0.4, -0.2) is 74.3 Å². The van der Waals surface area contributed by atoms with E-state index >= 15 is 0 Å². The predicted molar refractivity (Wildman–Crippen MR) is 129 cm³/mol. The first-order valence-corrected chi connectivity index (χ1v) is 11.2. The Balaban J connectivity index is 0.00000300. The maximum atomic E-state index is 5.88. The summed E-state index contributed by atoms with van der Waals surface area (Å²) >= 11 is 0. The van der Waals surface area contributed by atoms with Gasteiger partial charge in [-0.2, -0.15) is 0 Å². The molecule has 1 N–H and O–H groups in total. The van der Waals surface area contributed by atoms with Crippen LogP contribution in [0.2, 0.25) is 0 Å². The van der Waals surface area contributed by atoms with Gasteiger partial charge in [0.1, 0.15) is 5.76 Å². The number of hydrogen-bond acceptors (Lipinski definition) is 4. The lowest BCUT2D eigenvalue weighted by Gasteiger charge is -2.26. The molecule has 3 heterocycles. The Morgan fingerprint density at radius 2 is 2.14 bits per heavy atom. The van der Waals surface area contributed by atoms with Gasteiger partial charge >= 0.3 is 0 Å². The highest BCUT2D eigenvalue weighted by atomic mass is 127. The Labute approximate surface area is 193 Å². The number of nitrogens with one attached hydrogen (secondary N) is 1. The summed E-state index contributed by atoms with van der Waals surface area (Å²) in [6.07, 6.45) is 7.73. The largest absolute Gasteiger partial charge is 0.469 e. The highest BCUT2D eigenvalue weighted by Gasteiger charge is 2.26. The predicted octanol–water partition coefficient (Wildman–Crippen LogP) is 3.62. The first-order chi connectivity index (χ1) is 13.8. The molecule has 0 spiro atoms. The minimum absolute atomic E-state index is 0. The van der Waals surface area contributed by atoms with Gasteiger partial charge in [-0.25, -0.2) is 0 Å². The van der Waals surface area contributed by atoms with Crippen molar-refractivity contribution >= 4 is 29.9 Å². The Morgan fingerprint density at radius 3 is 2.83 bits per heavy atom. The maximum absolute atomic E-state index is 5.88. The molecular weight excluding hydrogens is 479 g/mol. The molecule has 0 bridgehead atoms. The van der Waals surface area contributed by atoms with Gasteiger partial charge in [0.05, 0.1) is 18.9 Å². The van der Waals surface area contributed by atoms with Crippen LogP contribution in [0.3, 0.4) is 0 Å². The second-order valence-electron chi connectivity index (χ2n) is 8.00. The molecule has 2 atom stereocenters. The number of nitrogens with zero attached hydrogens (tertiary/aromatic N) is 3. The summed E-state index contributed by atoms with van der Waals surface area (Å²) in [6, 6.07) is 3.98. The fraction of sp³-hybridized carbons (Fsp3) is 0.773. The van der Waals surface area contributed by atoms with Gasteiger partial charge in [-0.15, -0.1) is 24.0 Å². The van der Waals surface area contributed by atoms with Crippen molar-refractivity contribution in [2.45, 2.75) is 52.1 Å². The van der Waals surface area contributed by atoms with E-state index < -0.39 is 0 Å². The lowest BCUT2D eigenvalue weighted by Crippen LogP contribution is -2.42. The normalized spacial score (nSPS) is 22.7. The van der Waals surface area contributed by atoms with Gasteiger partial charge in [-0.1, -0.05) is 13.8 Å². The van der Waals surface area contributed by atoms with Crippen molar-refractivity contribution in [2.75, 3.05) is 52.4 Å². The summed E-state index contributed by atoms with van der Waals surface area (Å²) in [5, 5.41) is 3.59. The minimum Gasteiger partial charge on any atom is -0.469 e. The van der Waals surface area contributed by atoms with E-state index in [0.717, 1.165) is 76.4 Å². The first-order valence-electron chi connectivity index (χ1n) is 11.2. The van der Waals surface area contributed by atoms with Crippen LogP contribution in [0.1, 0.15) is 45.3 Å².